The van der Waals surface area contributed by atoms with Gasteiger partial charge in [-0.25, -0.2) is 4.79 Å². The maximum absolute atomic E-state index is 12.7. The third-order valence-corrected chi connectivity index (χ3v) is 7.17. The number of carboxylic acids is 1. The molecule has 0 saturated carbocycles. The molecule has 4 rings (SSSR count). The molecule has 9 heteroatoms. The zero-order valence-corrected chi connectivity index (χ0v) is 22.2. The Bertz CT molecular complexity index is 1070. The molecule has 1 N–H and O–H groups in total. The van der Waals surface area contributed by atoms with E-state index >= 15 is 0 Å². The van der Waals surface area contributed by atoms with Crippen LogP contribution in [-0.2, 0) is 17.6 Å². The fourth-order valence-corrected chi connectivity index (χ4v) is 5.44. The predicted octanol–water partition coefficient (Wildman–Crippen LogP) is -0.243. The second kappa shape index (κ2) is 9.55. The number of halogens is 1. The molecule has 0 bridgehead atoms. The van der Waals surface area contributed by atoms with Crippen molar-refractivity contribution in [3.8, 4) is 0 Å². The van der Waals surface area contributed by atoms with Gasteiger partial charge < -0.3 is 19.9 Å². The summed E-state index contributed by atoms with van der Waals surface area (Å²) in [6, 6.07) is 9.44. The zero-order chi connectivity index (χ0) is 23.3. The van der Waals surface area contributed by atoms with Gasteiger partial charge in [-0.1, -0.05) is 44.5 Å². The minimum Gasteiger partial charge on any atom is -0.530 e. The van der Waals surface area contributed by atoms with Crippen molar-refractivity contribution in [2.45, 2.75) is 45.2 Å². The number of pyridine rings is 1. The van der Waals surface area contributed by atoms with Crippen LogP contribution in [0.2, 0.25) is 5.02 Å². The standard InChI is InChI=1S/C24H28ClN3O4.Na/c1-23(2,3)24(21(29)30)14-27(11-12-28(24)22(31)32)20-18-9-8-17(25)13-16(18)7-6-15-5-4-10-26-19(15)20;/h4-5,8-10,13,20H,6-7,11-12,14H2,1-3H3,(H,29,30)(H,31,32);/q;+1/p-1/t20-,24+;/m0./s1. The van der Waals surface area contributed by atoms with Gasteiger partial charge in [-0.3, -0.25) is 9.88 Å². The maximum Gasteiger partial charge on any atom is 1.00 e. The number of carbonyl (C=O) groups is 2. The SMILES string of the molecule is CC(C)(C)[C@]1(C(=O)O)CN([C@H]2c3ccc(Cl)cc3CCc3cccnc32)CCN1C(=O)[O-].[Na+]. The van der Waals surface area contributed by atoms with Crippen molar-refractivity contribution in [3.63, 3.8) is 0 Å². The number of aryl methyl sites for hydroxylation is 2. The third kappa shape index (κ3) is 4.42. The van der Waals surface area contributed by atoms with Gasteiger partial charge in [0.2, 0.25) is 0 Å². The summed E-state index contributed by atoms with van der Waals surface area (Å²) in [5.74, 6) is -1.18. The van der Waals surface area contributed by atoms with Crippen molar-refractivity contribution in [2.24, 2.45) is 5.41 Å². The fourth-order valence-electron chi connectivity index (χ4n) is 5.24. The molecule has 1 aromatic carbocycles. The average Bonchev–Trinajstić information content (AvgIpc) is 2.88. The summed E-state index contributed by atoms with van der Waals surface area (Å²) in [7, 11) is 0. The van der Waals surface area contributed by atoms with E-state index in [9.17, 15) is 19.8 Å². The first kappa shape index (κ1) is 26.0. The number of nitrogens with zero attached hydrogens (tertiary/aromatic N) is 3. The number of amides is 1. The molecule has 2 atom stereocenters. The van der Waals surface area contributed by atoms with E-state index in [0.717, 1.165) is 40.1 Å². The summed E-state index contributed by atoms with van der Waals surface area (Å²) in [5, 5.41) is 23.0. The van der Waals surface area contributed by atoms with Crippen molar-refractivity contribution in [1.29, 1.82) is 0 Å². The predicted molar refractivity (Wildman–Crippen MR) is 118 cm³/mol. The minimum absolute atomic E-state index is 0. The van der Waals surface area contributed by atoms with E-state index in [1.807, 2.05) is 24.3 Å². The van der Waals surface area contributed by atoms with Gasteiger partial charge in [0, 0.05) is 30.9 Å². The van der Waals surface area contributed by atoms with Gasteiger partial charge in [-0.2, -0.15) is 0 Å². The van der Waals surface area contributed by atoms with Gasteiger partial charge in [-0.15, -0.1) is 0 Å². The van der Waals surface area contributed by atoms with Crippen LogP contribution in [-0.4, -0.2) is 57.1 Å². The van der Waals surface area contributed by atoms with E-state index < -0.39 is 23.0 Å². The van der Waals surface area contributed by atoms with Gasteiger partial charge in [-0.05, 0) is 53.1 Å². The van der Waals surface area contributed by atoms with Crippen LogP contribution in [0.25, 0.3) is 0 Å². The Balaban J connectivity index is 0.00000306. The molecule has 33 heavy (non-hydrogen) atoms. The van der Waals surface area contributed by atoms with Crippen LogP contribution in [0.1, 0.15) is 49.2 Å². The molecule has 0 spiro atoms. The van der Waals surface area contributed by atoms with Crippen molar-refractivity contribution < 1.29 is 49.4 Å². The number of hydrogen-bond donors (Lipinski definition) is 1. The summed E-state index contributed by atoms with van der Waals surface area (Å²) in [4.78, 5) is 32.4. The van der Waals surface area contributed by atoms with E-state index in [4.69, 9.17) is 16.6 Å². The van der Waals surface area contributed by atoms with Crippen molar-refractivity contribution in [1.82, 2.24) is 14.8 Å². The molecule has 7 nitrogen and oxygen atoms in total. The number of piperazine rings is 1. The molecular formula is C24H27ClN3NaO4. The van der Waals surface area contributed by atoms with E-state index in [0.29, 0.717) is 11.6 Å². The topological polar surface area (TPSA) is 96.8 Å². The molecule has 170 valence electrons. The number of benzene rings is 1. The first-order valence-electron chi connectivity index (χ1n) is 10.7. The maximum atomic E-state index is 12.7. The number of aliphatic carboxylic acids is 1. The van der Waals surface area contributed by atoms with Crippen molar-refractivity contribution in [2.75, 3.05) is 19.6 Å². The van der Waals surface area contributed by atoms with Crippen LogP contribution < -0.4 is 34.7 Å². The number of aromatic nitrogens is 1. The molecular weight excluding hydrogens is 453 g/mol. The number of hydrogen-bond acceptors (Lipinski definition) is 5. The van der Waals surface area contributed by atoms with Gasteiger partial charge in [0.05, 0.1) is 11.7 Å². The summed E-state index contributed by atoms with van der Waals surface area (Å²) in [5.41, 5.74) is 1.56. The molecule has 2 aromatic rings. The monoisotopic (exact) mass is 479 g/mol. The average molecular weight is 480 g/mol. The molecule has 0 radical (unpaired) electrons. The quantitative estimate of drug-likeness (QED) is 0.597. The normalized spacial score (nSPS) is 23.0. The van der Waals surface area contributed by atoms with Crippen molar-refractivity contribution in [3.05, 3.63) is 63.9 Å². The second-order valence-corrected chi connectivity index (χ2v) is 10.0. The Morgan fingerprint density at radius 3 is 2.52 bits per heavy atom. The molecule has 0 unspecified atom stereocenters. The molecule has 1 aliphatic carbocycles. The number of rotatable bonds is 2. The smallest absolute Gasteiger partial charge is 0.530 e. The third-order valence-electron chi connectivity index (χ3n) is 6.93. The molecule has 1 saturated heterocycles. The number of carboxylic acid groups (broad SMARTS) is 2. The minimum atomic E-state index is -1.67. The van der Waals surface area contributed by atoms with Gasteiger partial charge in [0.1, 0.15) is 6.09 Å². The Morgan fingerprint density at radius 1 is 1.18 bits per heavy atom. The van der Waals surface area contributed by atoms with Crippen molar-refractivity contribution >= 4 is 23.7 Å². The van der Waals surface area contributed by atoms with Crippen LogP contribution in [0, 0.1) is 5.41 Å². The van der Waals surface area contributed by atoms with Crippen LogP contribution in [0.15, 0.2) is 36.5 Å². The second-order valence-electron chi connectivity index (χ2n) is 9.60. The van der Waals surface area contributed by atoms with E-state index in [2.05, 4.69) is 11.0 Å². The largest absolute Gasteiger partial charge is 1.00 e. The van der Waals surface area contributed by atoms with Gasteiger partial charge >= 0.3 is 35.5 Å². The fraction of sp³-hybridized carbons (Fsp3) is 0.458. The first-order chi connectivity index (χ1) is 15.1. The summed E-state index contributed by atoms with van der Waals surface area (Å²) in [6.07, 6.45) is 1.88. The van der Waals surface area contributed by atoms with Gasteiger partial charge in [0.15, 0.2) is 5.54 Å². The molecule has 1 amide bonds. The number of carbonyl (C=O) groups excluding carboxylic acids is 1. The van der Waals surface area contributed by atoms with Gasteiger partial charge in [0.25, 0.3) is 0 Å². The van der Waals surface area contributed by atoms with Crippen LogP contribution in [0.5, 0.6) is 0 Å². The van der Waals surface area contributed by atoms with E-state index in [1.165, 1.54) is 0 Å². The Kier molecular flexibility index (Phi) is 7.51. The molecule has 1 aliphatic heterocycles. The molecule has 1 fully saturated rings. The Hall–Kier alpha value is -1.64. The first-order valence-corrected chi connectivity index (χ1v) is 11.1. The molecule has 1 aromatic heterocycles. The number of fused-ring (bicyclic) bond motifs is 2. The van der Waals surface area contributed by atoms with E-state index in [-0.39, 0.29) is 48.7 Å². The molecule has 2 heterocycles. The van der Waals surface area contributed by atoms with Crippen LogP contribution >= 0.6 is 11.6 Å². The summed E-state index contributed by atoms with van der Waals surface area (Å²) >= 11 is 6.29. The molecule has 2 aliphatic rings. The van der Waals surface area contributed by atoms with Crippen LogP contribution in [0.4, 0.5) is 4.79 Å². The summed E-state index contributed by atoms with van der Waals surface area (Å²) < 4.78 is 0. The Labute approximate surface area is 221 Å². The van der Waals surface area contributed by atoms with E-state index in [1.54, 1.807) is 27.0 Å². The van der Waals surface area contributed by atoms with Crippen LogP contribution in [0.3, 0.4) is 0 Å². The zero-order valence-electron chi connectivity index (χ0n) is 19.5. The summed E-state index contributed by atoms with van der Waals surface area (Å²) in [6.45, 7) is 5.69. The Morgan fingerprint density at radius 2 is 1.88 bits per heavy atom.